The third-order valence-electron chi connectivity index (χ3n) is 1.87. The van der Waals surface area contributed by atoms with Crippen LogP contribution in [0.2, 0.25) is 0 Å². The van der Waals surface area contributed by atoms with Crippen LogP contribution < -0.4 is 5.14 Å². The fourth-order valence-corrected chi connectivity index (χ4v) is 2.11. The highest BCUT2D eigenvalue weighted by Gasteiger charge is 2.17. The number of rotatable bonds is 5. The van der Waals surface area contributed by atoms with Crippen LogP contribution in [-0.2, 0) is 11.0 Å². The van der Waals surface area contributed by atoms with Crippen LogP contribution in [0.3, 0.4) is 0 Å². The predicted molar refractivity (Wildman–Crippen MR) is 50.4 cm³/mol. The average Bonchev–Trinajstić information content (AvgIpc) is 1.88. The molecule has 3 heteroatoms. The molecule has 0 aromatic heterocycles. The van der Waals surface area contributed by atoms with Crippen molar-refractivity contribution in [2.24, 2.45) is 11.1 Å². The molecule has 3 atom stereocenters. The molecule has 2 nitrogen and oxygen atoms in total. The third-order valence-corrected chi connectivity index (χ3v) is 3.27. The van der Waals surface area contributed by atoms with E-state index in [-0.39, 0.29) is 5.25 Å². The van der Waals surface area contributed by atoms with E-state index < -0.39 is 11.0 Å². The predicted octanol–water partition coefficient (Wildman–Crippen LogP) is 1.60. The molecule has 66 valence electrons. The van der Waals surface area contributed by atoms with Crippen LogP contribution in [0, 0.1) is 5.92 Å². The monoisotopic (exact) mass is 175 g/mol. The van der Waals surface area contributed by atoms with Crippen molar-refractivity contribution >= 4 is 11.0 Å². The molecule has 0 aromatic carbocycles. The molecule has 0 aromatic rings. The van der Waals surface area contributed by atoms with Crippen LogP contribution in [0.4, 0.5) is 0 Å². The lowest BCUT2D eigenvalue weighted by atomic mass is 10.0. The fraction of sp³-hybridized carbons (Fsp3) is 0.750. The van der Waals surface area contributed by atoms with Crippen molar-refractivity contribution in [3.05, 3.63) is 12.7 Å². The van der Waals surface area contributed by atoms with Crippen molar-refractivity contribution < 1.29 is 4.21 Å². The van der Waals surface area contributed by atoms with Gasteiger partial charge in [-0.2, -0.15) is 0 Å². The van der Waals surface area contributed by atoms with Gasteiger partial charge in [0.1, 0.15) is 0 Å². The molecule has 2 N–H and O–H groups in total. The van der Waals surface area contributed by atoms with E-state index in [1.807, 2.05) is 13.0 Å². The first kappa shape index (κ1) is 10.8. The van der Waals surface area contributed by atoms with E-state index in [4.69, 9.17) is 5.14 Å². The first-order valence-electron chi connectivity index (χ1n) is 3.89. The van der Waals surface area contributed by atoms with Crippen molar-refractivity contribution in [1.82, 2.24) is 0 Å². The van der Waals surface area contributed by atoms with Crippen molar-refractivity contribution in [2.45, 2.75) is 31.9 Å². The average molecular weight is 175 g/mol. The van der Waals surface area contributed by atoms with Gasteiger partial charge in [0.2, 0.25) is 0 Å². The normalized spacial score (nSPS) is 18.8. The SMILES string of the molecule is C=CCC(C)C(CC)S(N)=O. The lowest BCUT2D eigenvalue weighted by molar-refractivity contribution is 0.531. The van der Waals surface area contributed by atoms with Crippen molar-refractivity contribution in [1.29, 1.82) is 0 Å². The molecule has 0 radical (unpaired) electrons. The Morgan fingerprint density at radius 1 is 1.73 bits per heavy atom. The van der Waals surface area contributed by atoms with Gasteiger partial charge >= 0.3 is 0 Å². The summed E-state index contributed by atoms with van der Waals surface area (Å²) in [5.41, 5.74) is 0. The van der Waals surface area contributed by atoms with Gasteiger partial charge in [0.25, 0.3) is 0 Å². The fourth-order valence-electron chi connectivity index (χ4n) is 1.21. The second-order valence-corrected chi connectivity index (χ2v) is 4.04. The molecule has 0 heterocycles. The number of allylic oxidation sites excluding steroid dienone is 1. The zero-order chi connectivity index (χ0) is 8.85. The van der Waals surface area contributed by atoms with Gasteiger partial charge < -0.3 is 0 Å². The van der Waals surface area contributed by atoms with Crippen molar-refractivity contribution in [2.75, 3.05) is 0 Å². The molecular weight excluding hydrogens is 158 g/mol. The lowest BCUT2D eigenvalue weighted by Gasteiger charge is -2.17. The smallest absolute Gasteiger partial charge is 0.0922 e. The minimum absolute atomic E-state index is 0.119. The first-order chi connectivity index (χ1) is 5.13. The largest absolute Gasteiger partial charge is 0.252 e. The summed E-state index contributed by atoms with van der Waals surface area (Å²) in [5, 5.41) is 5.43. The summed E-state index contributed by atoms with van der Waals surface area (Å²) in [6.45, 7) is 7.70. The van der Waals surface area contributed by atoms with Crippen LogP contribution in [0.1, 0.15) is 26.7 Å². The second kappa shape index (κ2) is 5.49. The molecule has 0 bridgehead atoms. The van der Waals surface area contributed by atoms with Gasteiger partial charge in [-0.15, -0.1) is 6.58 Å². The lowest BCUT2D eigenvalue weighted by Crippen LogP contribution is -2.27. The molecule has 11 heavy (non-hydrogen) atoms. The molecule has 0 aliphatic rings. The molecule has 0 amide bonds. The second-order valence-electron chi connectivity index (χ2n) is 2.78. The van der Waals surface area contributed by atoms with Gasteiger partial charge in [0.05, 0.1) is 16.2 Å². The highest BCUT2D eigenvalue weighted by Crippen LogP contribution is 2.15. The van der Waals surface area contributed by atoms with Gasteiger partial charge in [-0.05, 0) is 18.8 Å². The Balaban J connectivity index is 4.01. The van der Waals surface area contributed by atoms with Crippen LogP contribution in [0.25, 0.3) is 0 Å². The van der Waals surface area contributed by atoms with Gasteiger partial charge in [0.15, 0.2) is 0 Å². The van der Waals surface area contributed by atoms with E-state index >= 15 is 0 Å². The Labute approximate surface area is 71.5 Å². The topological polar surface area (TPSA) is 43.1 Å². The molecule has 0 fully saturated rings. The zero-order valence-corrected chi connectivity index (χ0v) is 8.06. The Morgan fingerprint density at radius 3 is 2.55 bits per heavy atom. The maximum Gasteiger partial charge on any atom is 0.0922 e. The maximum absolute atomic E-state index is 10.9. The highest BCUT2D eigenvalue weighted by molar-refractivity contribution is 7.83. The number of hydrogen-bond acceptors (Lipinski definition) is 1. The van der Waals surface area contributed by atoms with Crippen molar-refractivity contribution in [3.8, 4) is 0 Å². The summed E-state index contributed by atoms with van der Waals surface area (Å²) in [4.78, 5) is 0. The Morgan fingerprint density at radius 2 is 2.27 bits per heavy atom. The Bertz CT molecular complexity index is 147. The van der Waals surface area contributed by atoms with Crippen LogP contribution in [-0.4, -0.2) is 9.46 Å². The highest BCUT2D eigenvalue weighted by atomic mass is 32.2. The molecule has 0 saturated heterocycles. The summed E-state index contributed by atoms with van der Waals surface area (Å²) in [7, 11) is -1.18. The van der Waals surface area contributed by atoms with E-state index in [0.29, 0.717) is 5.92 Å². The van der Waals surface area contributed by atoms with Crippen LogP contribution >= 0.6 is 0 Å². The molecule has 3 unspecified atom stereocenters. The van der Waals surface area contributed by atoms with E-state index in [2.05, 4.69) is 13.5 Å². The summed E-state index contributed by atoms with van der Waals surface area (Å²) < 4.78 is 10.9. The minimum Gasteiger partial charge on any atom is -0.252 e. The zero-order valence-electron chi connectivity index (χ0n) is 7.25. The summed E-state index contributed by atoms with van der Waals surface area (Å²) in [6.07, 6.45) is 3.61. The maximum atomic E-state index is 10.9. The molecule has 0 aliphatic carbocycles. The van der Waals surface area contributed by atoms with Crippen LogP contribution in [0.15, 0.2) is 12.7 Å². The molecule has 0 spiro atoms. The Hall–Kier alpha value is -0.150. The number of nitrogens with two attached hydrogens (primary N) is 1. The summed E-state index contributed by atoms with van der Waals surface area (Å²) in [5.74, 6) is 0.378. The molecule has 0 aliphatic heterocycles. The third kappa shape index (κ3) is 3.68. The quantitative estimate of drug-likeness (QED) is 0.634. The van der Waals surface area contributed by atoms with E-state index in [1.54, 1.807) is 0 Å². The number of hydrogen-bond donors (Lipinski definition) is 1. The van der Waals surface area contributed by atoms with E-state index in [9.17, 15) is 4.21 Å². The van der Waals surface area contributed by atoms with Crippen LogP contribution in [0.5, 0.6) is 0 Å². The standard InChI is InChI=1S/C8H17NOS/c1-4-6-7(3)8(5-2)11(9)10/h4,7-8H,1,5-6,9H2,2-3H3. The molecule has 0 saturated carbocycles. The van der Waals surface area contributed by atoms with E-state index in [1.165, 1.54) is 0 Å². The van der Waals surface area contributed by atoms with E-state index in [0.717, 1.165) is 12.8 Å². The Kier molecular flexibility index (Phi) is 5.42. The molecule has 0 rings (SSSR count). The van der Waals surface area contributed by atoms with Gasteiger partial charge in [-0.25, -0.2) is 4.21 Å². The van der Waals surface area contributed by atoms with Gasteiger partial charge in [-0.1, -0.05) is 19.9 Å². The van der Waals surface area contributed by atoms with Crippen molar-refractivity contribution in [3.63, 3.8) is 0 Å². The first-order valence-corrected chi connectivity index (χ1v) is 5.16. The summed E-state index contributed by atoms with van der Waals surface area (Å²) in [6, 6.07) is 0. The summed E-state index contributed by atoms with van der Waals surface area (Å²) >= 11 is 0. The van der Waals surface area contributed by atoms with Gasteiger partial charge in [-0.3, -0.25) is 5.14 Å². The van der Waals surface area contributed by atoms with Gasteiger partial charge in [0, 0.05) is 0 Å². The minimum atomic E-state index is -1.18. The molecular formula is C8H17NOS.